The Morgan fingerprint density at radius 1 is 0.611 bits per heavy atom. The molecule has 0 radical (unpaired) electrons. The van der Waals surface area contributed by atoms with Gasteiger partial charge in [0.1, 0.15) is 0 Å². The van der Waals surface area contributed by atoms with E-state index in [4.69, 9.17) is 11.5 Å². The summed E-state index contributed by atoms with van der Waals surface area (Å²) in [7, 11) is -0.616. The van der Waals surface area contributed by atoms with Gasteiger partial charge in [-0.1, -0.05) is 0 Å². The van der Waals surface area contributed by atoms with Crippen LogP contribution < -0.4 is 11.5 Å². The summed E-state index contributed by atoms with van der Waals surface area (Å²) in [5, 5.41) is 0. The zero-order valence-electron chi connectivity index (χ0n) is 23.2. The Bertz CT molecular complexity index is 840. The Kier molecular flexibility index (Phi) is 14.2. The standard InChI is InChI=1S/C30H48N3.2BrH.Co/c1-7-21-13-23(9-3)29(24(10-4)14-21)17-27(31)19-33-20-28(32)18-30-25(11-5)15-22(8-2)16-26(30)12-6;;;/h13-16,27-28H,7-12,17-20,31-32H2,1-6H3;2*1H;/q-1;;;+3/p-2. The summed E-state index contributed by atoms with van der Waals surface area (Å²) in [4.78, 5) is 0. The van der Waals surface area contributed by atoms with E-state index in [1.54, 1.807) is 0 Å². The van der Waals surface area contributed by atoms with E-state index in [1.165, 1.54) is 44.5 Å². The summed E-state index contributed by atoms with van der Waals surface area (Å²) < 4.78 is 2.40. The van der Waals surface area contributed by atoms with Crippen molar-refractivity contribution < 1.29 is 10.3 Å². The van der Waals surface area contributed by atoms with Gasteiger partial charge in [-0.3, -0.25) is 0 Å². The van der Waals surface area contributed by atoms with E-state index >= 15 is 0 Å². The molecule has 0 aliphatic carbocycles. The van der Waals surface area contributed by atoms with Gasteiger partial charge in [-0.25, -0.2) is 0 Å². The van der Waals surface area contributed by atoms with Crippen molar-refractivity contribution in [2.75, 3.05) is 13.1 Å². The molecule has 0 saturated heterocycles. The average Bonchev–Trinajstić information content (AvgIpc) is 2.87. The summed E-state index contributed by atoms with van der Waals surface area (Å²) in [6.45, 7) is 15.1. The average molecular weight is 669 g/mol. The molecule has 36 heavy (non-hydrogen) atoms. The van der Waals surface area contributed by atoms with E-state index in [1.807, 2.05) is 0 Å². The van der Waals surface area contributed by atoms with Gasteiger partial charge in [-0.05, 0) is 0 Å². The number of nitrogens with zero attached hydrogens (tertiary/aromatic N) is 1. The van der Waals surface area contributed by atoms with Crippen LogP contribution in [0.25, 0.3) is 0 Å². The number of hydrogen-bond donors (Lipinski definition) is 2. The van der Waals surface area contributed by atoms with Gasteiger partial charge in [0.15, 0.2) is 0 Å². The van der Waals surface area contributed by atoms with E-state index in [9.17, 15) is 0 Å². The van der Waals surface area contributed by atoms with E-state index in [0.717, 1.165) is 64.5 Å². The van der Waals surface area contributed by atoms with Crippen LogP contribution in [0.1, 0.15) is 86.1 Å². The maximum absolute atomic E-state index is 6.80. The Morgan fingerprint density at radius 2 is 0.917 bits per heavy atom. The molecule has 0 heterocycles. The molecule has 0 amide bonds. The summed E-state index contributed by atoms with van der Waals surface area (Å²) in [6, 6.07) is 9.66. The van der Waals surface area contributed by atoms with Crippen molar-refractivity contribution >= 4 is 28.3 Å². The van der Waals surface area contributed by atoms with E-state index < -0.39 is 10.3 Å². The van der Waals surface area contributed by atoms with Crippen LogP contribution in [-0.2, 0) is 61.7 Å². The van der Waals surface area contributed by atoms with Crippen LogP contribution in [0.4, 0.5) is 0 Å². The Balaban J connectivity index is 2.16. The molecule has 0 spiro atoms. The molecule has 0 aliphatic heterocycles. The van der Waals surface area contributed by atoms with Gasteiger partial charge in [0.05, 0.1) is 0 Å². The van der Waals surface area contributed by atoms with Gasteiger partial charge >= 0.3 is 241 Å². The Morgan fingerprint density at radius 3 is 1.14 bits per heavy atom. The van der Waals surface area contributed by atoms with Gasteiger partial charge < -0.3 is 0 Å². The Hall–Kier alpha value is -0.214. The summed E-state index contributed by atoms with van der Waals surface area (Å²) in [6.07, 6.45) is 8.18. The van der Waals surface area contributed by atoms with E-state index in [2.05, 4.69) is 98.1 Å². The zero-order valence-corrected chi connectivity index (χ0v) is 27.4. The van der Waals surface area contributed by atoms with Crippen molar-refractivity contribution in [3.05, 3.63) is 68.8 Å². The Labute approximate surface area is 239 Å². The molecule has 2 aromatic carbocycles. The minimum atomic E-state index is -0.616. The second-order valence-corrected chi connectivity index (χ2v) is 18.0. The third-order valence-electron chi connectivity index (χ3n) is 7.27. The number of halogens is 2. The molecule has 2 atom stereocenters. The quantitative estimate of drug-likeness (QED) is 0.216. The van der Waals surface area contributed by atoms with Gasteiger partial charge in [0.2, 0.25) is 0 Å². The summed E-state index contributed by atoms with van der Waals surface area (Å²) in [5.74, 6) is 0. The number of nitrogens with two attached hydrogens (primary N) is 2. The fraction of sp³-hybridized carbons (Fsp3) is 0.600. The van der Waals surface area contributed by atoms with Crippen molar-refractivity contribution in [2.45, 2.75) is 105 Å². The van der Waals surface area contributed by atoms with Crippen LogP contribution in [0.3, 0.4) is 0 Å². The predicted octanol–water partition coefficient (Wildman–Crippen LogP) is 6.96. The first-order valence-corrected chi connectivity index (χ1v) is 19.3. The minimum absolute atomic E-state index is 0.0565. The van der Waals surface area contributed by atoms with Crippen LogP contribution in [0.2, 0.25) is 0 Å². The second kappa shape index (κ2) is 16.0. The van der Waals surface area contributed by atoms with Crippen LogP contribution in [0.15, 0.2) is 24.3 Å². The first-order chi connectivity index (χ1) is 17.2. The molecule has 2 rings (SSSR count). The van der Waals surface area contributed by atoms with Gasteiger partial charge in [-0.15, -0.1) is 0 Å². The third-order valence-corrected chi connectivity index (χ3v) is 10.9. The van der Waals surface area contributed by atoms with Crippen LogP contribution in [0.5, 0.6) is 0 Å². The molecule has 0 saturated carbocycles. The second-order valence-electron chi connectivity index (χ2n) is 9.79. The number of aryl methyl sites for hydroxylation is 6. The number of hydrogen-bond acceptors (Lipinski definition) is 3. The van der Waals surface area contributed by atoms with Gasteiger partial charge in [0.25, 0.3) is 0 Å². The number of rotatable bonds is 15. The van der Waals surface area contributed by atoms with Crippen LogP contribution in [0, 0.1) is 0 Å². The molecule has 0 bridgehead atoms. The molecule has 0 fully saturated rings. The van der Waals surface area contributed by atoms with Crippen molar-refractivity contribution in [3.8, 4) is 0 Å². The molecule has 0 aliphatic rings. The molecule has 2 aromatic rings. The van der Waals surface area contributed by atoms with Crippen molar-refractivity contribution in [2.24, 2.45) is 11.5 Å². The summed E-state index contributed by atoms with van der Waals surface area (Å²) in [5.41, 5.74) is 25.2. The molecular weight excluding hydrogens is 621 g/mol. The SMILES string of the molecule is CCc1cc(CC)c(CC(N)C[N](CC(N)Cc2c(CC)cc(CC)cc2CC)[Co]([Br])[Br])c(CC)c1. The fourth-order valence-corrected chi connectivity index (χ4v) is 7.61. The fourth-order valence-electron chi connectivity index (χ4n) is 5.24. The van der Waals surface area contributed by atoms with Gasteiger partial charge in [-0.2, -0.15) is 0 Å². The van der Waals surface area contributed by atoms with Crippen LogP contribution in [-0.4, -0.2) is 29.1 Å². The van der Waals surface area contributed by atoms with E-state index in [-0.39, 0.29) is 12.1 Å². The first kappa shape index (κ1) is 32.0. The third kappa shape index (κ3) is 8.93. The normalized spacial score (nSPS) is 13.8. The van der Waals surface area contributed by atoms with Crippen molar-refractivity contribution in [1.29, 1.82) is 0 Å². The molecule has 0 aromatic heterocycles. The van der Waals surface area contributed by atoms with Crippen molar-refractivity contribution in [1.82, 2.24) is 3.95 Å². The molecule has 4 N–H and O–H groups in total. The van der Waals surface area contributed by atoms with Crippen LogP contribution >= 0.6 is 28.3 Å². The first-order valence-electron chi connectivity index (χ1n) is 13.7. The summed E-state index contributed by atoms with van der Waals surface area (Å²) >= 11 is 7.63. The van der Waals surface area contributed by atoms with Crippen molar-refractivity contribution in [3.63, 3.8) is 0 Å². The molecule has 2 unspecified atom stereocenters. The monoisotopic (exact) mass is 667 g/mol. The molecular formula is C30H48Br2CoN3. The molecule has 206 valence electrons. The molecule has 6 heteroatoms. The van der Waals surface area contributed by atoms with Gasteiger partial charge in [0, 0.05) is 0 Å². The topological polar surface area (TPSA) is 55.3 Å². The predicted molar refractivity (Wildman–Crippen MR) is 162 cm³/mol. The number of benzene rings is 2. The maximum atomic E-state index is 6.80. The van der Waals surface area contributed by atoms with E-state index in [0.29, 0.717) is 0 Å². The molecule has 3 nitrogen and oxygen atoms in total. The zero-order chi connectivity index (χ0) is 26.8.